The van der Waals surface area contributed by atoms with E-state index in [1.54, 1.807) is 12.4 Å². The molecule has 0 N–H and O–H groups in total. The lowest BCUT2D eigenvalue weighted by Gasteiger charge is -2.47. The fourth-order valence-electron chi connectivity index (χ4n) is 8.01. The van der Waals surface area contributed by atoms with Gasteiger partial charge in [-0.25, -0.2) is 19.3 Å². The highest BCUT2D eigenvalue weighted by molar-refractivity contribution is 6.30. The van der Waals surface area contributed by atoms with Crippen LogP contribution in [0.3, 0.4) is 0 Å². The van der Waals surface area contributed by atoms with Crippen LogP contribution in [0.2, 0.25) is 5.02 Å². The van der Waals surface area contributed by atoms with Gasteiger partial charge in [-0.1, -0.05) is 11.6 Å². The summed E-state index contributed by atoms with van der Waals surface area (Å²) < 4.78 is 25.0. The zero-order valence-corrected chi connectivity index (χ0v) is 23.6. The van der Waals surface area contributed by atoms with E-state index in [-0.39, 0.29) is 29.7 Å². The number of benzene rings is 1. The zero-order chi connectivity index (χ0) is 28.0. The average molecular weight is 570 g/mol. The van der Waals surface area contributed by atoms with Gasteiger partial charge in [0.15, 0.2) is 11.6 Å². The molecular weight excluding hydrogens is 541 g/mol. The Morgan fingerprint density at radius 1 is 1.07 bits per heavy atom. The molecule has 4 saturated carbocycles. The third kappa shape index (κ3) is 3.69. The van der Waals surface area contributed by atoms with Gasteiger partial charge in [0.1, 0.15) is 11.3 Å². The normalized spacial score (nSPS) is 26.4. The summed E-state index contributed by atoms with van der Waals surface area (Å²) in [5, 5.41) is 1.92. The Balaban J connectivity index is 1.29. The smallest absolute Gasteiger partial charge is 0.311 e. The molecule has 208 valence electrons. The van der Waals surface area contributed by atoms with Gasteiger partial charge in [-0.2, -0.15) is 0 Å². The van der Waals surface area contributed by atoms with Crippen molar-refractivity contribution >= 4 is 39.6 Å². The summed E-state index contributed by atoms with van der Waals surface area (Å²) in [5.74, 6) is 1.44. The summed E-state index contributed by atoms with van der Waals surface area (Å²) >= 11 is 6.24. The molecular formula is C32H29ClFN5O2. The highest BCUT2D eigenvalue weighted by atomic mass is 35.5. The van der Waals surface area contributed by atoms with Gasteiger partial charge in [-0.3, -0.25) is 4.79 Å². The summed E-state index contributed by atoms with van der Waals surface area (Å²) in [6, 6.07) is 9.46. The Morgan fingerprint density at radius 3 is 2.73 bits per heavy atom. The third-order valence-corrected chi connectivity index (χ3v) is 9.95. The molecule has 41 heavy (non-hydrogen) atoms. The summed E-state index contributed by atoms with van der Waals surface area (Å²) in [6.07, 6.45) is 10.1. The number of ether oxygens (including phenoxy) is 1. The predicted octanol–water partition coefficient (Wildman–Crippen LogP) is 6.93. The predicted molar refractivity (Wildman–Crippen MR) is 154 cm³/mol. The number of aromatic nitrogens is 5. The zero-order valence-electron chi connectivity index (χ0n) is 22.8. The van der Waals surface area contributed by atoms with Crippen molar-refractivity contribution in [2.75, 3.05) is 6.61 Å². The highest BCUT2D eigenvalue weighted by Crippen LogP contribution is 2.67. The lowest BCUT2D eigenvalue weighted by molar-refractivity contribution is -0.158. The number of pyridine rings is 1. The maximum absolute atomic E-state index is 15.4. The van der Waals surface area contributed by atoms with Crippen LogP contribution < -0.4 is 0 Å². The first-order chi connectivity index (χ1) is 19.9. The van der Waals surface area contributed by atoms with Crippen LogP contribution >= 0.6 is 11.6 Å². The Labute approximate surface area is 241 Å². The van der Waals surface area contributed by atoms with Gasteiger partial charge in [0.05, 0.1) is 29.6 Å². The largest absolute Gasteiger partial charge is 0.466 e. The average Bonchev–Trinajstić information content (AvgIpc) is 3.64. The topological polar surface area (TPSA) is 74.8 Å². The van der Waals surface area contributed by atoms with E-state index in [1.165, 1.54) is 6.20 Å². The molecule has 4 fully saturated rings. The van der Waals surface area contributed by atoms with Crippen LogP contribution in [0.15, 0.2) is 55.1 Å². The second-order valence-corrected chi connectivity index (χ2v) is 12.2. The number of hydrogen-bond donors (Lipinski definition) is 0. The summed E-state index contributed by atoms with van der Waals surface area (Å²) in [7, 11) is 0. The Bertz CT molecular complexity index is 1860. The Kier molecular flexibility index (Phi) is 5.55. The van der Waals surface area contributed by atoms with E-state index in [4.69, 9.17) is 21.3 Å². The SMILES string of the molecule is CCOC(=O)[C@H]1[C@H]2CC[C@H]([C@H]3C[C@H]32)[C@@H]1n1cc(F)c2cnc(-c3cn(-c4ccc(Cl)cc4C)c4ncccc34)nc21. The number of esters is 1. The van der Waals surface area contributed by atoms with E-state index >= 15 is 4.39 Å². The number of nitrogens with zero attached hydrogens (tertiary/aromatic N) is 5. The second-order valence-electron chi connectivity index (χ2n) is 11.8. The fourth-order valence-corrected chi connectivity index (χ4v) is 8.24. The van der Waals surface area contributed by atoms with Crippen molar-refractivity contribution in [1.29, 1.82) is 0 Å². The van der Waals surface area contributed by atoms with Gasteiger partial charge in [0, 0.05) is 40.8 Å². The van der Waals surface area contributed by atoms with E-state index < -0.39 is 0 Å². The molecule has 9 heteroatoms. The molecule has 4 heterocycles. The number of rotatable bonds is 5. The first-order valence-corrected chi connectivity index (χ1v) is 14.7. The molecule has 0 radical (unpaired) electrons. The molecule has 4 aromatic heterocycles. The number of aryl methyl sites for hydroxylation is 1. The van der Waals surface area contributed by atoms with E-state index in [0.29, 0.717) is 46.2 Å². The van der Waals surface area contributed by atoms with Crippen LogP contribution in [0, 0.1) is 42.3 Å². The van der Waals surface area contributed by atoms with Crippen LogP contribution in [-0.4, -0.2) is 36.7 Å². The van der Waals surface area contributed by atoms with E-state index in [2.05, 4.69) is 9.97 Å². The molecule has 5 aromatic rings. The lowest BCUT2D eigenvalue weighted by atomic mass is 9.61. The minimum Gasteiger partial charge on any atom is -0.466 e. The van der Waals surface area contributed by atoms with Gasteiger partial charge in [-0.05, 0) is 92.7 Å². The first kappa shape index (κ1) is 25.0. The number of carbonyl (C=O) groups is 1. The molecule has 0 aliphatic heterocycles. The number of fused-ring (bicyclic) bond motifs is 4. The van der Waals surface area contributed by atoms with Crippen LogP contribution in [0.5, 0.6) is 0 Å². The molecule has 4 aliphatic carbocycles. The van der Waals surface area contributed by atoms with Crippen LogP contribution in [0.25, 0.3) is 39.1 Å². The number of hydrogen-bond acceptors (Lipinski definition) is 5. The van der Waals surface area contributed by atoms with Crippen molar-refractivity contribution in [3.05, 3.63) is 71.5 Å². The molecule has 0 unspecified atom stereocenters. The molecule has 1 aromatic carbocycles. The van der Waals surface area contributed by atoms with Crippen molar-refractivity contribution in [2.45, 2.75) is 39.2 Å². The van der Waals surface area contributed by atoms with Gasteiger partial charge in [0.25, 0.3) is 0 Å². The molecule has 2 bridgehead atoms. The molecule has 0 saturated heterocycles. The maximum atomic E-state index is 15.4. The summed E-state index contributed by atoms with van der Waals surface area (Å²) in [6.45, 7) is 4.19. The van der Waals surface area contributed by atoms with Gasteiger partial charge >= 0.3 is 5.97 Å². The Morgan fingerprint density at radius 2 is 1.90 bits per heavy atom. The maximum Gasteiger partial charge on any atom is 0.311 e. The number of halogens is 2. The van der Waals surface area contributed by atoms with Gasteiger partial charge in [0.2, 0.25) is 0 Å². The summed E-state index contributed by atoms with van der Waals surface area (Å²) in [5.41, 5.74) is 4.05. The fraction of sp³-hybridized carbons (Fsp3) is 0.375. The summed E-state index contributed by atoms with van der Waals surface area (Å²) in [4.78, 5) is 27.6. The van der Waals surface area contributed by atoms with E-state index in [9.17, 15) is 4.79 Å². The van der Waals surface area contributed by atoms with Crippen molar-refractivity contribution in [3.8, 4) is 17.1 Å². The van der Waals surface area contributed by atoms with Crippen LogP contribution in [-0.2, 0) is 9.53 Å². The third-order valence-electron chi connectivity index (χ3n) is 9.72. The van der Waals surface area contributed by atoms with Crippen LogP contribution in [0.1, 0.15) is 37.8 Å². The standard InChI is InChI=1S/C32H29ClFN5O2/c1-3-41-32(40)27-18-7-8-19(22-12-21(18)22)28(27)39-15-25(34)23-13-36-29(37-31(23)39)24-14-38(30-20(24)5-4-10-35-30)26-9-6-17(33)11-16(26)2/h4-6,9-11,13-15,18-19,21-22,27-28H,3,7-8,12H2,1-2H3/t18-,19+,21-,22+,27-,28-/m0/s1. The minimum atomic E-state index is -0.371. The minimum absolute atomic E-state index is 0.165. The highest BCUT2D eigenvalue weighted by Gasteiger charge is 2.64. The van der Waals surface area contributed by atoms with Crippen molar-refractivity contribution in [3.63, 3.8) is 0 Å². The lowest BCUT2D eigenvalue weighted by Crippen LogP contribution is -2.47. The van der Waals surface area contributed by atoms with E-state index in [0.717, 1.165) is 47.1 Å². The Hall–Kier alpha value is -3.78. The first-order valence-electron chi connectivity index (χ1n) is 14.4. The molecule has 7 nitrogen and oxygen atoms in total. The second kappa shape index (κ2) is 9.11. The molecule has 0 amide bonds. The molecule has 4 aliphatic rings. The van der Waals surface area contributed by atoms with Crippen LogP contribution in [0.4, 0.5) is 4.39 Å². The van der Waals surface area contributed by atoms with E-state index in [1.807, 2.05) is 59.5 Å². The van der Waals surface area contributed by atoms with Crippen molar-refractivity contribution < 1.29 is 13.9 Å². The molecule has 9 rings (SSSR count). The molecule has 6 atom stereocenters. The van der Waals surface area contributed by atoms with Crippen molar-refractivity contribution in [1.82, 2.24) is 24.1 Å². The van der Waals surface area contributed by atoms with Gasteiger partial charge in [-0.15, -0.1) is 0 Å². The number of carbonyl (C=O) groups excluding carboxylic acids is 1. The molecule has 0 spiro atoms. The van der Waals surface area contributed by atoms with Gasteiger partial charge < -0.3 is 13.9 Å². The van der Waals surface area contributed by atoms with Crippen molar-refractivity contribution in [2.24, 2.45) is 29.6 Å². The monoisotopic (exact) mass is 569 g/mol. The quantitative estimate of drug-likeness (QED) is 0.214.